The SMILES string of the molecule is [CH2]C1C=CC=CC1(C#N)c1ccccc1. The third-order valence-electron chi connectivity index (χ3n) is 2.83. The molecule has 0 saturated carbocycles. The summed E-state index contributed by atoms with van der Waals surface area (Å²) in [6.07, 6.45) is 7.75. The van der Waals surface area contributed by atoms with Crippen LogP contribution >= 0.6 is 0 Å². The zero-order valence-electron chi connectivity index (χ0n) is 8.43. The van der Waals surface area contributed by atoms with Crippen molar-refractivity contribution in [3.05, 3.63) is 67.1 Å². The molecular weight excluding hydrogens is 182 g/mol. The van der Waals surface area contributed by atoms with Crippen LogP contribution in [0.5, 0.6) is 0 Å². The van der Waals surface area contributed by atoms with Gasteiger partial charge in [0.25, 0.3) is 0 Å². The van der Waals surface area contributed by atoms with E-state index in [1.54, 1.807) is 0 Å². The number of rotatable bonds is 1. The molecule has 0 heterocycles. The van der Waals surface area contributed by atoms with Gasteiger partial charge in [-0.3, -0.25) is 0 Å². The van der Waals surface area contributed by atoms with E-state index < -0.39 is 5.41 Å². The summed E-state index contributed by atoms with van der Waals surface area (Å²) < 4.78 is 0. The van der Waals surface area contributed by atoms with Gasteiger partial charge in [0.2, 0.25) is 0 Å². The Morgan fingerprint density at radius 3 is 2.53 bits per heavy atom. The molecule has 15 heavy (non-hydrogen) atoms. The zero-order chi connectivity index (χ0) is 10.7. The smallest absolute Gasteiger partial charge is 0.107 e. The van der Waals surface area contributed by atoms with Gasteiger partial charge in [-0.1, -0.05) is 54.6 Å². The molecule has 73 valence electrons. The average molecular weight is 194 g/mol. The molecule has 0 spiro atoms. The molecule has 0 saturated heterocycles. The summed E-state index contributed by atoms with van der Waals surface area (Å²) in [5.41, 5.74) is 0.406. The van der Waals surface area contributed by atoms with Gasteiger partial charge in [0.1, 0.15) is 5.41 Å². The van der Waals surface area contributed by atoms with Gasteiger partial charge in [0.05, 0.1) is 6.07 Å². The highest BCUT2D eigenvalue weighted by Gasteiger charge is 2.35. The summed E-state index contributed by atoms with van der Waals surface area (Å²) in [5.74, 6) is -0.0325. The largest absolute Gasteiger partial charge is 0.197 e. The predicted molar refractivity (Wildman–Crippen MR) is 60.9 cm³/mol. The summed E-state index contributed by atoms with van der Waals surface area (Å²) in [4.78, 5) is 0. The van der Waals surface area contributed by atoms with E-state index in [-0.39, 0.29) is 5.92 Å². The highest BCUT2D eigenvalue weighted by molar-refractivity contribution is 5.44. The Balaban J connectivity index is 2.53. The molecule has 1 aromatic carbocycles. The normalized spacial score (nSPS) is 28.7. The second-order valence-corrected chi connectivity index (χ2v) is 3.70. The van der Waals surface area contributed by atoms with Crippen LogP contribution in [0.2, 0.25) is 0 Å². The second kappa shape index (κ2) is 3.74. The number of nitriles is 1. The van der Waals surface area contributed by atoms with Gasteiger partial charge in [-0.05, 0) is 12.5 Å². The third-order valence-corrected chi connectivity index (χ3v) is 2.83. The Hall–Kier alpha value is -1.81. The average Bonchev–Trinajstić information content (AvgIpc) is 2.31. The lowest BCUT2D eigenvalue weighted by Gasteiger charge is -2.30. The summed E-state index contributed by atoms with van der Waals surface area (Å²) in [6, 6.07) is 12.2. The van der Waals surface area contributed by atoms with Gasteiger partial charge >= 0.3 is 0 Å². The Labute approximate surface area is 90.4 Å². The molecule has 0 aliphatic heterocycles. The quantitative estimate of drug-likeness (QED) is 0.674. The fourth-order valence-corrected chi connectivity index (χ4v) is 1.89. The summed E-state index contributed by atoms with van der Waals surface area (Å²) in [7, 11) is 0. The van der Waals surface area contributed by atoms with Crippen molar-refractivity contribution in [1.82, 2.24) is 0 Å². The van der Waals surface area contributed by atoms with E-state index in [1.807, 2.05) is 54.6 Å². The first-order valence-corrected chi connectivity index (χ1v) is 4.95. The maximum atomic E-state index is 9.39. The van der Waals surface area contributed by atoms with Crippen molar-refractivity contribution >= 4 is 0 Å². The third kappa shape index (κ3) is 1.49. The Morgan fingerprint density at radius 1 is 1.20 bits per heavy atom. The van der Waals surface area contributed by atoms with Crippen molar-refractivity contribution in [2.75, 3.05) is 0 Å². The summed E-state index contributed by atoms with van der Waals surface area (Å²) in [6.45, 7) is 4.04. The van der Waals surface area contributed by atoms with Crippen LogP contribution in [0.3, 0.4) is 0 Å². The van der Waals surface area contributed by atoms with Crippen LogP contribution in [-0.2, 0) is 5.41 Å². The molecule has 0 N–H and O–H groups in total. The van der Waals surface area contributed by atoms with Gasteiger partial charge in [0, 0.05) is 5.92 Å². The van der Waals surface area contributed by atoms with Gasteiger partial charge in [0.15, 0.2) is 0 Å². The molecule has 2 unspecified atom stereocenters. The summed E-state index contributed by atoms with van der Waals surface area (Å²) >= 11 is 0. The van der Waals surface area contributed by atoms with Crippen LogP contribution < -0.4 is 0 Å². The van der Waals surface area contributed by atoms with Crippen LogP contribution in [0.15, 0.2) is 54.6 Å². The van der Waals surface area contributed by atoms with Crippen molar-refractivity contribution in [3.8, 4) is 6.07 Å². The molecule has 1 radical (unpaired) electrons. The van der Waals surface area contributed by atoms with Gasteiger partial charge in [-0.2, -0.15) is 5.26 Å². The first-order chi connectivity index (χ1) is 7.29. The van der Waals surface area contributed by atoms with Gasteiger partial charge in [-0.15, -0.1) is 0 Å². The molecule has 2 atom stereocenters. The molecule has 1 nitrogen and oxygen atoms in total. The molecular formula is C14H12N. The minimum absolute atomic E-state index is 0.0325. The standard InChI is InChI=1S/C14H12N/c1-12-7-5-6-10-14(12,11-15)13-8-3-2-4-9-13/h2-10,12H,1H2. The van der Waals surface area contributed by atoms with E-state index in [2.05, 4.69) is 13.0 Å². The monoisotopic (exact) mass is 194 g/mol. The fraction of sp³-hybridized carbons (Fsp3) is 0.143. The van der Waals surface area contributed by atoms with Crippen molar-refractivity contribution < 1.29 is 0 Å². The fourth-order valence-electron chi connectivity index (χ4n) is 1.89. The highest BCUT2D eigenvalue weighted by Crippen LogP contribution is 2.36. The predicted octanol–water partition coefficient (Wildman–Crippen LogP) is 3.02. The molecule has 1 aliphatic rings. The van der Waals surface area contributed by atoms with E-state index in [1.165, 1.54) is 0 Å². The topological polar surface area (TPSA) is 23.8 Å². The van der Waals surface area contributed by atoms with Crippen molar-refractivity contribution in [2.45, 2.75) is 5.41 Å². The minimum Gasteiger partial charge on any atom is -0.197 e. The Kier molecular flexibility index (Phi) is 2.43. The molecule has 0 bridgehead atoms. The van der Waals surface area contributed by atoms with E-state index in [4.69, 9.17) is 0 Å². The van der Waals surface area contributed by atoms with E-state index in [0.29, 0.717) is 0 Å². The lowest BCUT2D eigenvalue weighted by atomic mass is 9.70. The van der Waals surface area contributed by atoms with Crippen molar-refractivity contribution in [3.63, 3.8) is 0 Å². The first-order valence-electron chi connectivity index (χ1n) is 4.95. The van der Waals surface area contributed by atoms with Crippen LogP contribution in [0.25, 0.3) is 0 Å². The van der Waals surface area contributed by atoms with Crippen LogP contribution in [0.4, 0.5) is 0 Å². The summed E-state index contributed by atoms with van der Waals surface area (Å²) in [5, 5.41) is 9.39. The first kappa shape index (κ1) is 9.73. The molecule has 0 aromatic heterocycles. The minimum atomic E-state index is -0.601. The molecule has 1 heteroatoms. The van der Waals surface area contributed by atoms with Crippen molar-refractivity contribution in [2.24, 2.45) is 5.92 Å². The number of allylic oxidation sites excluding steroid dienone is 4. The maximum Gasteiger partial charge on any atom is 0.107 e. The Morgan fingerprint density at radius 2 is 1.93 bits per heavy atom. The van der Waals surface area contributed by atoms with E-state index >= 15 is 0 Å². The molecule has 2 rings (SSSR count). The zero-order valence-corrected chi connectivity index (χ0v) is 8.43. The number of benzene rings is 1. The van der Waals surface area contributed by atoms with Crippen molar-refractivity contribution in [1.29, 1.82) is 5.26 Å². The molecule has 1 aromatic rings. The van der Waals surface area contributed by atoms with Crippen LogP contribution in [0, 0.1) is 24.2 Å². The molecule has 0 fully saturated rings. The van der Waals surface area contributed by atoms with Crippen LogP contribution in [0.1, 0.15) is 5.56 Å². The second-order valence-electron chi connectivity index (χ2n) is 3.70. The number of nitrogens with zero attached hydrogens (tertiary/aromatic N) is 1. The maximum absolute atomic E-state index is 9.39. The Bertz CT molecular complexity index is 436. The number of hydrogen-bond donors (Lipinski definition) is 0. The van der Waals surface area contributed by atoms with Crippen LogP contribution in [-0.4, -0.2) is 0 Å². The van der Waals surface area contributed by atoms with Gasteiger partial charge in [-0.25, -0.2) is 0 Å². The highest BCUT2D eigenvalue weighted by atomic mass is 14.4. The van der Waals surface area contributed by atoms with Gasteiger partial charge < -0.3 is 0 Å². The number of hydrogen-bond acceptors (Lipinski definition) is 1. The molecule has 0 amide bonds. The molecule has 1 aliphatic carbocycles. The van der Waals surface area contributed by atoms with E-state index in [0.717, 1.165) is 5.56 Å². The lowest BCUT2D eigenvalue weighted by Crippen LogP contribution is -2.30. The lowest BCUT2D eigenvalue weighted by molar-refractivity contribution is 0.568. The van der Waals surface area contributed by atoms with E-state index in [9.17, 15) is 5.26 Å².